The molecule has 1 heterocycles. The molecule has 3 aromatic rings. The summed E-state index contributed by atoms with van der Waals surface area (Å²) in [5.74, 6) is 0. The molecular weight excluding hydrogens is 232 g/mol. The molecule has 19 heavy (non-hydrogen) atoms. The highest BCUT2D eigenvalue weighted by atomic mass is 14.7. The monoisotopic (exact) mass is 248 g/mol. The van der Waals surface area contributed by atoms with Gasteiger partial charge in [-0.05, 0) is 23.6 Å². The first-order valence-corrected chi connectivity index (χ1v) is 6.53. The zero-order valence-corrected chi connectivity index (χ0v) is 10.7. The van der Waals surface area contributed by atoms with Crippen LogP contribution in [0.2, 0.25) is 0 Å². The van der Waals surface area contributed by atoms with E-state index in [0.717, 1.165) is 18.5 Å². The fourth-order valence-electron chi connectivity index (χ4n) is 2.23. The topological polar surface area (TPSA) is 28.1 Å². The van der Waals surface area contributed by atoms with Gasteiger partial charge < -0.3 is 4.98 Å². The summed E-state index contributed by atoms with van der Waals surface area (Å²) >= 11 is 0. The molecule has 0 radical (unpaired) electrons. The minimum atomic E-state index is 0.816. The lowest BCUT2D eigenvalue weighted by Gasteiger charge is -1.96. The Hall–Kier alpha value is -2.35. The molecule has 0 spiro atoms. The molecule has 0 bridgehead atoms. The van der Waals surface area contributed by atoms with Crippen molar-refractivity contribution in [3.63, 3.8) is 0 Å². The normalized spacial score (nSPS) is 11.4. The fourth-order valence-corrected chi connectivity index (χ4v) is 2.23. The van der Waals surface area contributed by atoms with Crippen molar-refractivity contribution in [3.05, 3.63) is 71.9 Å². The highest BCUT2D eigenvalue weighted by molar-refractivity contribution is 5.83. The van der Waals surface area contributed by atoms with Crippen LogP contribution in [0.15, 0.2) is 65.8 Å². The van der Waals surface area contributed by atoms with E-state index in [2.05, 4.69) is 52.6 Å². The van der Waals surface area contributed by atoms with Crippen molar-refractivity contribution < 1.29 is 0 Å². The lowest BCUT2D eigenvalue weighted by atomic mass is 10.1. The van der Waals surface area contributed by atoms with E-state index in [0.29, 0.717) is 0 Å². The average molecular weight is 248 g/mol. The maximum absolute atomic E-state index is 4.48. The van der Waals surface area contributed by atoms with Gasteiger partial charge in [0.1, 0.15) is 0 Å². The third-order valence-corrected chi connectivity index (χ3v) is 3.23. The minimum absolute atomic E-state index is 0.816. The molecule has 0 aliphatic carbocycles. The van der Waals surface area contributed by atoms with Crippen molar-refractivity contribution in [2.24, 2.45) is 4.99 Å². The molecule has 0 saturated heterocycles. The predicted octanol–water partition coefficient (Wildman–Crippen LogP) is 3.83. The molecule has 1 aromatic heterocycles. The molecule has 0 atom stereocenters. The van der Waals surface area contributed by atoms with Crippen LogP contribution in [0.1, 0.15) is 11.1 Å². The first kappa shape index (κ1) is 11.7. The van der Waals surface area contributed by atoms with Crippen molar-refractivity contribution >= 4 is 17.1 Å². The first-order chi connectivity index (χ1) is 9.43. The highest BCUT2D eigenvalue weighted by Gasteiger charge is 2.01. The maximum Gasteiger partial charge on any atom is 0.0456 e. The van der Waals surface area contributed by atoms with E-state index in [1.54, 1.807) is 0 Å². The van der Waals surface area contributed by atoms with Crippen molar-refractivity contribution in [1.29, 1.82) is 0 Å². The van der Waals surface area contributed by atoms with Crippen molar-refractivity contribution in [1.82, 2.24) is 4.98 Å². The summed E-state index contributed by atoms with van der Waals surface area (Å²) in [7, 11) is 0. The standard InChI is InChI=1S/C17H16N2/c1-2-6-14(7-3-1)12-18-11-10-15-13-19-17-9-5-4-8-16(15)17/h1-9,12-13,19H,10-11H2/b18-12+. The Morgan fingerprint density at radius 2 is 1.74 bits per heavy atom. The van der Waals surface area contributed by atoms with Gasteiger partial charge in [-0.3, -0.25) is 4.99 Å². The third kappa shape index (κ3) is 2.74. The zero-order valence-electron chi connectivity index (χ0n) is 10.7. The number of nitrogens with zero attached hydrogens (tertiary/aromatic N) is 1. The Balaban J connectivity index is 1.65. The minimum Gasteiger partial charge on any atom is -0.361 e. The second-order valence-electron chi connectivity index (χ2n) is 4.56. The van der Waals surface area contributed by atoms with Gasteiger partial charge in [0.25, 0.3) is 0 Å². The SMILES string of the molecule is C(=N\CCc1c[nH]c2ccccc12)/c1ccccc1. The molecule has 3 rings (SSSR count). The zero-order chi connectivity index (χ0) is 12.9. The Morgan fingerprint density at radius 3 is 2.63 bits per heavy atom. The Labute approximate surface area is 112 Å². The van der Waals surface area contributed by atoms with Gasteiger partial charge >= 0.3 is 0 Å². The van der Waals surface area contributed by atoms with E-state index < -0.39 is 0 Å². The van der Waals surface area contributed by atoms with Crippen LogP contribution in [0.4, 0.5) is 0 Å². The first-order valence-electron chi connectivity index (χ1n) is 6.53. The Morgan fingerprint density at radius 1 is 0.947 bits per heavy atom. The predicted molar refractivity (Wildman–Crippen MR) is 80.9 cm³/mol. The van der Waals surface area contributed by atoms with Crippen LogP contribution in [0.5, 0.6) is 0 Å². The van der Waals surface area contributed by atoms with Gasteiger partial charge in [-0.1, -0.05) is 48.5 Å². The van der Waals surface area contributed by atoms with Crippen LogP contribution in [0, 0.1) is 0 Å². The molecule has 0 unspecified atom stereocenters. The van der Waals surface area contributed by atoms with Crippen LogP contribution in [0.3, 0.4) is 0 Å². The molecule has 0 aliphatic rings. The smallest absolute Gasteiger partial charge is 0.0456 e. The molecule has 2 nitrogen and oxygen atoms in total. The quantitative estimate of drug-likeness (QED) is 0.680. The number of hydrogen-bond acceptors (Lipinski definition) is 1. The summed E-state index contributed by atoms with van der Waals surface area (Å²) in [5.41, 5.74) is 3.69. The van der Waals surface area contributed by atoms with Gasteiger partial charge in [-0.15, -0.1) is 0 Å². The van der Waals surface area contributed by atoms with Crippen LogP contribution in [0.25, 0.3) is 10.9 Å². The summed E-state index contributed by atoms with van der Waals surface area (Å²) < 4.78 is 0. The van der Waals surface area contributed by atoms with Crippen LogP contribution >= 0.6 is 0 Å². The number of rotatable bonds is 4. The van der Waals surface area contributed by atoms with E-state index in [4.69, 9.17) is 0 Å². The number of hydrogen-bond donors (Lipinski definition) is 1. The van der Waals surface area contributed by atoms with Gasteiger partial charge in [0.05, 0.1) is 0 Å². The van der Waals surface area contributed by atoms with Gasteiger partial charge in [0, 0.05) is 29.9 Å². The van der Waals surface area contributed by atoms with E-state index >= 15 is 0 Å². The highest BCUT2D eigenvalue weighted by Crippen LogP contribution is 2.17. The largest absolute Gasteiger partial charge is 0.361 e. The van der Waals surface area contributed by atoms with Crippen molar-refractivity contribution in [2.75, 3.05) is 6.54 Å². The summed E-state index contributed by atoms with van der Waals surface area (Å²) in [6.45, 7) is 0.816. The molecule has 0 amide bonds. The van der Waals surface area contributed by atoms with E-state index in [1.807, 2.05) is 24.4 Å². The number of benzene rings is 2. The molecule has 2 heteroatoms. The molecule has 2 aromatic carbocycles. The van der Waals surface area contributed by atoms with Gasteiger partial charge in [-0.25, -0.2) is 0 Å². The third-order valence-electron chi connectivity index (χ3n) is 3.23. The summed E-state index contributed by atoms with van der Waals surface area (Å²) in [5, 5.41) is 1.30. The number of aromatic amines is 1. The number of nitrogens with one attached hydrogen (secondary N) is 1. The number of H-pyrrole nitrogens is 1. The van der Waals surface area contributed by atoms with Crippen molar-refractivity contribution in [2.45, 2.75) is 6.42 Å². The lowest BCUT2D eigenvalue weighted by Crippen LogP contribution is -1.89. The average Bonchev–Trinajstić information content (AvgIpc) is 2.88. The fraction of sp³-hybridized carbons (Fsp3) is 0.118. The maximum atomic E-state index is 4.48. The molecule has 94 valence electrons. The van der Waals surface area contributed by atoms with Crippen LogP contribution in [-0.2, 0) is 6.42 Å². The molecular formula is C17H16N2. The lowest BCUT2D eigenvalue weighted by molar-refractivity contribution is 0.981. The van der Waals surface area contributed by atoms with E-state index in [9.17, 15) is 0 Å². The van der Waals surface area contributed by atoms with Gasteiger partial charge in [0.15, 0.2) is 0 Å². The second kappa shape index (κ2) is 5.53. The summed E-state index contributed by atoms with van der Waals surface area (Å²) in [6, 6.07) is 18.6. The summed E-state index contributed by atoms with van der Waals surface area (Å²) in [4.78, 5) is 7.78. The number of aliphatic imine (C=N–C) groups is 1. The summed E-state index contributed by atoms with van der Waals surface area (Å²) in [6.07, 6.45) is 4.99. The van der Waals surface area contributed by atoms with E-state index in [-0.39, 0.29) is 0 Å². The number of aromatic nitrogens is 1. The molecule has 1 N–H and O–H groups in total. The second-order valence-corrected chi connectivity index (χ2v) is 4.56. The molecule has 0 saturated carbocycles. The van der Waals surface area contributed by atoms with Gasteiger partial charge in [0.2, 0.25) is 0 Å². The number of fused-ring (bicyclic) bond motifs is 1. The van der Waals surface area contributed by atoms with Crippen LogP contribution < -0.4 is 0 Å². The van der Waals surface area contributed by atoms with E-state index in [1.165, 1.54) is 16.5 Å². The van der Waals surface area contributed by atoms with Crippen molar-refractivity contribution in [3.8, 4) is 0 Å². The molecule has 0 aliphatic heterocycles. The Bertz CT molecular complexity index is 681. The Kier molecular flexibility index (Phi) is 3.41. The molecule has 0 fully saturated rings. The van der Waals surface area contributed by atoms with Crippen LogP contribution in [-0.4, -0.2) is 17.7 Å². The van der Waals surface area contributed by atoms with Gasteiger partial charge in [-0.2, -0.15) is 0 Å². The number of para-hydroxylation sites is 1.